The molecule has 0 bridgehead atoms. The van der Waals surface area contributed by atoms with Gasteiger partial charge in [-0.05, 0) is 38.5 Å². The van der Waals surface area contributed by atoms with Crippen molar-refractivity contribution in [3.63, 3.8) is 0 Å². The van der Waals surface area contributed by atoms with E-state index in [1.807, 2.05) is 13.8 Å². The molecule has 0 aliphatic heterocycles. The molecule has 3 heteroatoms. The first-order valence-electron chi connectivity index (χ1n) is 6.54. The van der Waals surface area contributed by atoms with Crippen molar-refractivity contribution < 1.29 is 9.47 Å². The number of hydrogen-bond donors (Lipinski definition) is 0. The Bertz CT molecular complexity index is 498. The van der Waals surface area contributed by atoms with Crippen LogP contribution in [0.1, 0.15) is 19.4 Å². The van der Waals surface area contributed by atoms with Gasteiger partial charge in [0.15, 0.2) is 6.29 Å². The van der Waals surface area contributed by atoms with E-state index in [1.54, 1.807) is 0 Å². The molecule has 0 spiro atoms. The van der Waals surface area contributed by atoms with Crippen LogP contribution < -0.4 is 0 Å². The van der Waals surface area contributed by atoms with E-state index in [4.69, 9.17) is 9.47 Å². The molecule has 98 valence electrons. The molecule has 0 saturated carbocycles. The van der Waals surface area contributed by atoms with Gasteiger partial charge in [0.25, 0.3) is 0 Å². The van der Waals surface area contributed by atoms with E-state index in [1.165, 1.54) is 16.5 Å². The predicted molar refractivity (Wildman–Crippen MR) is 73.7 cm³/mol. The quantitative estimate of drug-likeness (QED) is 0.731. The zero-order valence-electron chi connectivity index (χ0n) is 11.3. The Hall–Kier alpha value is -1.32. The Balaban J connectivity index is 2.22. The van der Waals surface area contributed by atoms with Crippen LogP contribution in [0.25, 0.3) is 10.9 Å². The molecular formula is C15H21NO2. The number of rotatable bonds is 6. The summed E-state index contributed by atoms with van der Waals surface area (Å²) in [5.74, 6) is 0. The lowest BCUT2D eigenvalue weighted by Crippen LogP contribution is -2.23. The van der Waals surface area contributed by atoms with Crippen molar-refractivity contribution in [2.24, 2.45) is 0 Å². The van der Waals surface area contributed by atoms with Crippen LogP contribution in [0.3, 0.4) is 0 Å². The number of aromatic nitrogens is 1. The molecule has 0 atom stereocenters. The van der Waals surface area contributed by atoms with Crippen LogP contribution in [0.15, 0.2) is 30.5 Å². The van der Waals surface area contributed by atoms with Gasteiger partial charge in [0.1, 0.15) is 0 Å². The summed E-state index contributed by atoms with van der Waals surface area (Å²) in [6.45, 7) is 8.18. The van der Waals surface area contributed by atoms with E-state index in [0.717, 1.165) is 6.54 Å². The van der Waals surface area contributed by atoms with Crippen molar-refractivity contribution in [1.82, 2.24) is 4.57 Å². The lowest BCUT2D eigenvalue weighted by molar-refractivity contribution is -0.143. The molecule has 0 amide bonds. The fourth-order valence-corrected chi connectivity index (χ4v) is 2.22. The van der Waals surface area contributed by atoms with Crippen molar-refractivity contribution in [2.45, 2.75) is 33.6 Å². The maximum atomic E-state index is 5.59. The van der Waals surface area contributed by atoms with Gasteiger partial charge < -0.3 is 14.0 Å². The van der Waals surface area contributed by atoms with Crippen molar-refractivity contribution in [2.75, 3.05) is 13.2 Å². The normalized spacial score (nSPS) is 11.6. The number of ether oxygens (including phenoxy) is 2. The Kier molecular flexibility index (Phi) is 4.39. The molecule has 18 heavy (non-hydrogen) atoms. The average Bonchev–Trinajstić information content (AvgIpc) is 2.75. The fourth-order valence-electron chi connectivity index (χ4n) is 2.22. The van der Waals surface area contributed by atoms with Crippen molar-refractivity contribution in [3.8, 4) is 0 Å². The SMILES string of the molecule is CCOC(Cn1ccc2c(C)cccc21)OCC. The van der Waals surface area contributed by atoms with E-state index in [0.29, 0.717) is 13.2 Å². The number of aryl methyl sites for hydroxylation is 1. The molecule has 1 aromatic heterocycles. The maximum Gasteiger partial charge on any atom is 0.175 e. The molecule has 0 aliphatic rings. The summed E-state index contributed by atoms with van der Waals surface area (Å²) in [6, 6.07) is 8.51. The molecule has 0 N–H and O–H groups in total. The summed E-state index contributed by atoms with van der Waals surface area (Å²) in [5.41, 5.74) is 2.54. The topological polar surface area (TPSA) is 23.4 Å². The average molecular weight is 247 g/mol. The van der Waals surface area contributed by atoms with Gasteiger partial charge >= 0.3 is 0 Å². The largest absolute Gasteiger partial charge is 0.351 e. The third-order valence-corrected chi connectivity index (χ3v) is 3.08. The molecule has 0 aliphatic carbocycles. The highest BCUT2D eigenvalue weighted by molar-refractivity contribution is 5.83. The molecule has 2 aromatic rings. The number of fused-ring (bicyclic) bond motifs is 1. The maximum absolute atomic E-state index is 5.59. The molecule has 3 nitrogen and oxygen atoms in total. The van der Waals surface area contributed by atoms with Gasteiger partial charge in [0.2, 0.25) is 0 Å². The third kappa shape index (κ3) is 2.74. The highest BCUT2D eigenvalue weighted by atomic mass is 16.7. The molecule has 0 radical (unpaired) electrons. The zero-order valence-corrected chi connectivity index (χ0v) is 11.3. The summed E-state index contributed by atoms with van der Waals surface area (Å²) in [7, 11) is 0. The van der Waals surface area contributed by atoms with Crippen molar-refractivity contribution in [1.29, 1.82) is 0 Å². The van der Waals surface area contributed by atoms with Gasteiger partial charge in [0, 0.05) is 30.3 Å². The monoisotopic (exact) mass is 247 g/mol. The molecule has 2 rings (SSSR count). The summed E-state index contributed by atoms with van der Waals surface area (Å²) in [6.07, 6.45) is 1.93. The second-order valence-electron chi connectivity index (χ2n) is 4.32. The summed E-state index contributed by atoms with van der Waals surface area (Å²) < 4.78 is 13.4. The highest BCUT2D eigenvalue weighted by Gasteiger charge is 2.11. The molecule has 0 fully saturated rings. The van der Waals surface area contributed by atoms with E-state index in [9.17, 15) is 0 Å². The smallest absolute Gasteiger partial charge is 0.175 e. The highest BCUT2D eigenvalue weighted by Crippen LogP contribution is 2.20. The van der Waals surface area contributed by atoms with Crippen LogP contribution >= 0.6 is 0 Å². The Labute approximate surface area is 108 Å². The first-order chi connectivity index (χ1) is 8.76. The lowest BCUT2D eigenvalue weighted by atomic mass is 10.1. The van der Waals surface area contributed by atoms with Gasteiger partial charge in [-0.3, -0.25) is 0 Å². The third-order valence-electron chi connectivity index (χ3n) is 3.08. The fraction of sp³-hybridized carbons (Fsp3) is 0.467. The van der Waals surface area contributed by atoms with E-state index in [2.05, 4.69) is 42.0 Å². The minimum Gasteiger partial charge on any atom is -0.351 e. The van der Waals surface area contributed by atoms with Gasteiger partial charge in [0.05, 0.1) is 6.54 Å². The van der Waals surface area contributed by atoms with Crippen molar-refractivity contribution >= 4 is 10.9 Å². The molecule has 0 unspecified atom stereocenters. The second kappa shape index (κ2) is 6.03. The molecular weight excluding hydrogens is 226 g/mol. The Morgan fingerprint density at radius 1 is 1.11 bits per heavy atom. The van der Waals surface area contributed by atoms with E-state index in [-0.39, 0.29) is 6.29 Å². The molecule has 1 heterocycles. The van der Waals surface area contributed by atoms with E-state index < -0.39 is 0 Å². The second-order valence-corrected chi connectivity index (χ2v) is 4.32. The van der Waals surface area contributed by atoms with Crippen LogP contribution in [0.4, 0.5) is 0 Å². The lowest BCUT2D eigenvalue weighted by Gasteiger charge is -2.18. The summed E-state index contributed by atoms with van der Waals surface area (Å²) in [5, 5.41) is 1.30. The predicted octanol–water partition coefficient (Wildman–Crippen LogP) is 3.35. The first-order valence-corrected chi connectivity index (χ1v) is 6.54. The van der Waals surface area contributed by atoms with Gasteiger partial charge in [-0.25, -0.2) is 0 Å². The van der Waals surface area contributed by atoms with Gasteiger partial charge in [-0.15, -0.1) is 0 Å². The summed E-state index contributed by atoms with van der Waals surface area (Å²) in [4.78, 5) is 0. The standard InChI is InChI=1S/C15H21NO2/c1-4-17-15(18-5-2)11-16-10-9-13-12(3)7-6-8-14(13)16/h6-10,15H,4-5,11H2,1-3H3. The molecule has 1 aromatic carbocycles. The van der Waals surface area contributed by atoms with Crippen LogP contribution in [-0.2, 0) is 16.0 Å². The van der Waals surface area contributed by atoms with E-state index >= 15 is 0 Å². The molecule has 0 saturated heterocycles. The van der Waals surface area contributed by atoms with Gasteiger partial charge in [-0.1, -0.05) is 12.1 Å². The first kappa shape index (κ1) is 13.1. The number of benzene rings is 1. The Morgan fingerprint density at radius 3 is 2.50 bits per heavy atom. The van der Waals surface area contributed by atoms with Crippen LogP contribution in [0.2, 0.25) is 0 Å². The summed E-state index contributed by atoms with van der Waals surface area (Å²) >= 11 is 0. The minimum atomic E-state index is -0.170. The Morgan fingerprint density at radius 2 is 1.83 bits per heavy atom. The number of nitrogens with zero attached hydrogens (tertiary/aromatic N) is 1. The van der Waals surface area contributed by atoms with Crippen LogP contribution in [-0.4, -0.2) is 24.1 Å². The van der Waals surface area contributed by atoms with Crippen LogP contribution in [0, 0.1) is 6.92 Å². The zero-order chi connectivity index (χ0) is 13.0. The van der Waals surface area contributed by atoms with Crippen LogP contribution in [0.5, 0.6) is 0 Å². The van der Waals surface area contributed by atoms with Gasteiger partial charge in [-0.2, -0.15) is 0 Å². The number of hydrogen-bond acceptors (Lipinski definition) is 2. The van der Waals surface area contributed by atoms with Crippen molar-refractivity contribution in [3.05, 3.63) is 36.0 Å². The minimum absolute atomic E-state index is 0.170.